The zero-order chi connectivity index (χ0) is 15.1. The maximum absolute atomic E-state index is 8.77. The van der Waals surface area contributed by atoms with Gasteiger partial charge in [-0.2, -0.15) is 0 Å². The van der Waals surface area contributed by atoms with Crippen molar-refractivity contribution < 1.29 is 9.84 Å². The number of likely N-dealkylation sites (tertiary alicyclic amines) is 1. The van der Waals surface area contributed by atoms with Gasteiger partial charge in [-0.3, -0.25) is 0 Å². The van der Waals surface area contributed by atoms with Crippen molar-refractivity contribution in [3.05, 3.63) is 34.3 Å². The van der Waals surface area contributed by atoms with Crippen LogP contribution in [0.1, 0.15) is 30.9 Å². The lowest BCUT2D eigenvalue weighted by Gasteiger charge is -2.32. The van der Waals surface area contributed by atoms with Crippen molar-refractivity contribution >= 4 is 15.9 Å². The van der Waals surface area contributed by atoms with Crippen LogP contribution in [0.2, 0.25) is 0 Å². The molecule has 0 radical (unpaired) electrons. The van der Waals surface area contributed by atoms with Gasteiger partial charge >= 0.3 is 0 Å². The molecular weight excluding hydrogens is 332 g/mol. The van der Waals surface area contributed by atoms with Crippen LogP contribution in [-0.4, -0.2) is 49.0 Å². The molecule has 2 rings (SSSR count). The minimum Gasteiger partial charge on any atom is -0.394 e. The fourth-order valence-corrected chi connectivity index (χ4v) is 2.98. The van der Waals surface area contributed by atoms with Crippen molar-refractivity contribution in [2.45, 2.75) is 31.4 Å². The maximum Gasteiger partial charge on any atom is 0.0701 e. The third-order valence-electron chi connectivity index (χ3n) is 4.03. The molecule has 5 heteroatoms. The predicted octanol–water partition coefficient (Wildman–Crippen LogP) is 2.31. The summed E-state index contributed by atoms with van der Waals surface area (Å²) in [6, 6.07) is 8.35. The van der Waals surface area contributed by atoms with Gasteiger partial charge in [-0.15, -0.1) is 0 Å². The van der Waals surface area contributed by atoms with Crippen molar-refractivity contribution in [3.63, 3.8) is 0 Å². The van der Waals surface area contributed by atoms with Gasteiger partial charge in [0.25, 0.3) is 0 Å². The van der Waals surface area contributed by atoms with Gasteiger partial charge in [0.15, 0.2) is 0 Å². The number of halogens is 1. The number of ether oxygens (including phenoxy) is 1. The molecule has 0 amide bonds. The Morgan fingerprint density at radius 2 is 1.95 bits per heavy atom. The van der Waals surface area contributed by atoms with E-state index in [9.17, 15) is 0 Å². The normalized spacial score (nSPS) is 18.8. The minimum absolute atomic E-state index is 0.0986. The molecule has 1 aliphatic heterocycles. The zero-order valence-electron chi connectivity index (χ0n) is 12.4. The monoisotopic (exact) mass is 356 g/mol. The molecule has 1 atom stereocenters. The summed E-state index contributed by atoms with van der Waals surface area (Å²) in [6.07, 6.45) is 3.39. The van der Waals surface area contributed by atoms with Gasteiger partial charge in [0.05, 0.1) is 19.3 Å². The molecule has 0 bridgehead atoms. The standard InChI is InChI=1S/C16H25BrN2O2/c17-14-3-1-13(2-4-14)16(18)7-10-19-8-5-15(6-9-19)21-12-11-20/h1-4,15-16,20H,5-12,18H2. The Morgan fingerprint density at radius 1 is 1.29 bits per heavy atom. The second-order valence-corrected chi connectivity index (χ2v) is 6.50. The van der Waals surface area contributed by atoms with E-state index in [2.05, 4.69) is 33.0 Å². The molecule has 4 nitrogen and oxygen atoms in total. The first-order chi connectivity index (χ1) is 10.2. The lowest BCUT2D eigenvalue weighted by molar-refractivity contribution is -0.00802. The Labute approximate surface area is 135 Å². The average molecular weight is 357 g/mol. The molecule has 118 valence electrons. The fourth-order valence-electron chi connectivity index (χ4n) is 2.72. The molecular formula is C16H25BrN2O2. The smallest absolute Gasteiger partial charge is 0.0701 e. The molecule has 1 aliphatic rings. The number of rotatable bonds is 7. The number of aliphatic hydroxyl groups is 1. The summed E-state index contributed by atoms with van der Waals surface area (Å²) < 4.78 is 6.67. The quantitative estimate of drug-likeness (QED) is 0.786. The van der Waals surface area contributed by atoms with Gasteiger partial charge in [-0.1, -0.05) is 28.1 Å². The van der Waals surface area contributed by atoms with Crippen LogP contribution < -0.4 is 5.73 Å². The second-order valence-electron chi connectivity index (χ2n) is 5.58. The lowest BCUT2D eigenvalue weighted by atomic mass is 10.0. The highest BCUT2D eigenvalue weighted by atomic mass is 79.9. The van der Waals surface area contributed by atoms with E-state index in [1.807, 2.05) is 12.1 Å². The Morgan fingerprint density at radius 3 is 2.57 bits per heavy atom. The lowest BCUT2D eigenvalue weighted by Crippen LogP contribution is -2.38. The van der Waals surface area contributed by atoms with E-state index < -0.39 is 0 Å². The molecule has 0 aromatic heterocycles. The Hall–Kier alpha value is -0.460. The van der Waals surface area contributed by atoms with E-state index in [1.165, 1.54) is 5.56 Å². The molecule has 0 saturated carbocycles. The first-order valence-electron chi connectivity index (χ1n) is 7.65. The fraction of sp³-hybridized carbons (Fsp3) is 0.625. The molecule has 1 saturated heterocycles. The summed E-state index contributed by atoms with van der Waals surface area (Å²) in [6.45, 7) is 3.72. The Balaban J connectivity index is 1.68. The van der Waals surface area contributed by atoms with E-state index in [4.69, 9.17) is 15.6 Å². The number of hydrogen-bond acceptors (Lipinski definition) is 4. The van der Waals surface area contributed by atoms with Gasteiger partial charge < -0.3 is 20.5 Å². The number of benzene rings is 1. The molecule has 0 spiro atoms. The zero-order valence-corrected chi connectivity index (χ0v) is 14.0. The molecule has 1 unspecified atom stereocenters. The average Bonchev–Trinajstić information content (AvgIpc) is 2.52. The maximum atomic E-state index is 8.77. The van der Waals surface area contributed by atoms with Crippen LogP contribution in [-0.2, 0) is 4.74 Å². The summed E-state index contributed by atoms with van der Waals surface area (Å²) in [5, 5.41) is 8.77. The van der Waals surface area contributed by atoms with E-state index in [0.717, 1.165) is 43.4 Å². The highest BCUT2D eigenvalue weighted by Gasteiger charge is 2.19. The summed E-state index contributed by atoms with van der Waals surface area (Å²) in [5.41, 5.74) is 7.45. The van der Waals surface area contributed by atoms with Crippen LogP contribution >= 0.6 is 15.9 Å². The van der Waals surface area contributed by atoms with E-state index >= 15 is 0 Å². The second kappa shape index (κ2) is 8.86. The molecule has 0 aliphatic carbocycles. The highest BCUT2D eigenvalue weighted by Crippen LogP contribution is 2.19. The van der Waals surface area contributed by atoms with Crippen molar-refractivity contribution in [2.75, 3.05) is 32.8 Å². The predicted molar refractivity (Wildman–Crippen MR) is 88.2 cm³/mol. The van der Waals surface area contributed by atoms with E-state index in [1.54, 1.807) is 0 Å². The van der Waals surface area contributed by atoms with Gasteiger partial charge in [0.1, 0.15) is 0 Å². The first-order valence-corrected chi connectivity index (χ1v) is 8.44. The summed E-state index contributed by atoms with van der Waals surface area (Å²) >= 11 is 3.44. The summed E-state index contributed by atoms with van der Waals surface area (Å²) in [5.74, 6) is 0. The molecule has 21 heavy (non-hydrogen) atoms. The Kier molecular flexibility index (Phi) is 7.13. The van der Waals surface area contributed by atoms with Crippen molar-refractivity contribution in [2.24, 2.45) is 5.73 Å². The third-order valence-corrected chi connectivity index (χ3v) is 4.56. The SMILES string of the molecule is NC(CCN1CCC(OCCO)CC1)c1ccc(Br)cc1. The van der Waals surface area contributed by atoms with Gasteiger partial charge in [-0.25, -0.2) is 0 Å². The van der Waals surface area contributed by atoms with Crippen LogP contribution in [0.4, 0.5) is 0 Å². The molecule has 1 fully saturated rings. The number of nitrogens with zero attached hydrogens (tertiary/aromatic N) is 1. The molecule has 1 aromatic rings. The number of aliphatic hydroxyl groups excluding tert-OH is 1. The van der Waals surface area contributed by atoms with E-state index in [0.29, 0.717) is 12.7 Å². The number of nitrogens with two attached hydrogens (primary N) is 1. The highest BCUT2D eigenvalue weighted by molar-refractivity contribution is 9.10. The van der Waals surface area contributed by atoms with Gasteiger partial charge in [0, 0.05) is 23.6 Å². The van der Waals surface area contributed by atoms with Crippen molar-refractivity contribution in [1.82, 2.24) is 4.90 Å². The van der Waals surface area contributed by atoms with Crippen LogP contribution in [0.25, 0.3) is 0 Å². The van der Waals surface area contributed by atoms with E-state index in [-0.39, 0.29) is 12.6 Å². The number of piperidine rings is 1. The number of hydrogen-bond donors (Lipinski definition) is 2. The van der Waals surface area contributed by atoms with Crippen molar-refractivity contribution in [3.8, 4) is 0 Å². The Bertz CT molecular complexity index is 405. The van der Waals surface area contributed by atoms with Gasteiger partial charge in [0.2, 0.25) is 0 Å². The molecule has 3 N–H and O–H groups in total. The molecule has 1 aromatic carbocycles. The van der Waals surface area contributed by atoms with Crippen LogP contribution in [0.5, 0.6) is 0 Å². The van der Waals surface area contributed by atoms with Crippen LogP contribution in [0.15, 0.2) is 28.7 Å². The topological polar surface area (TPSA) is 58.7 Å². The summed E-state index contributed by atoms with van der Waals surface area (Å²) in [4.78, 5) is 2.46. The molecule has 1 heterocycles. The first kappa shape index (κ1) is 16.9. The third kappa shape index (κ3) is 5.68. The van der Waals surface area contributed by atoms with Crippen LogP contribution in [0, 0.1) is 0 Å². The van der Waals surface area contributed by atoms with Gasteiger partial charge in [-0.05, 0) is 43.5 Å². The largest absolute Gasteiger partial charge is 0.394 e. The van der Waals surface area contributed by atoms with Crippen molar-refractivity contribution in [1.29, 1.82) is 0 Å². The minimum atomic E-state index is 0.0986. The summed E-state index contributed by atoms with van der Waals surface area (Å²) in [7, 11) is 0. The van der Waals surface area contributed by atoms with Crippen LogP contribution in [0.3, 0.4) is 0 Å².